The van der Waals surface area contributed by atoms with Gasteiger partial charge in [-0.05, 0) is 31.9 Å². The first-order valence-electron chi connectivity index (χ1n) is 11.0. The molecule has 0 aliphatic carbocycles. The summed E-state index contributed by atoms with van der Waals surface area (Å²) in [6, 6.07) is 4.40. The maximum atomic E-state index is 12.2. The summed E-state index contributed by atoms with van der Waals surface area (Å²) in [5, 5.41) is 6.79. The molecule has 1 aromatic heterocycles. The van der Waals surface area contributed by atoms with Crippen LogP contribution in [0.3, 0.4) is 0 Å². The molecule has 1 amide bonds. The minimum absolute atomic E-state index is 0.0422. The van der Waals surface area contributed by atoms with Gasteiger partial charge in [-0.15, -0.1) is 0 Å². The Morgan fingerprint density at radius 2 is 2.00 bits per heavy atom. The molecule has 30 heavy (non-hydrogen) atoms. The second-order valence-corrected chi connectivity index (χ2v) is 8.68. The van der Waals surface area contributed by atoms with Gasteiger partial charge >= 0.3 is 0 Å². The third-order valence-electron chi connectivity index (χ3n) is 5.57. The number of nitrogens with one attached hydrogen (secondary N) is 2. The third-order valence-corrected chi connectivity index (χ3v) is 5.57. The molecule has 0 spiro atoms. The topological polar surface area (TPSA) is 82.1 Å². The first-order chi connectivity index (χ1) is 14.4. The second-order valence-electron chi connectivity index (χ2n) is 8.68. The standard InChI is InChI=1S/C22H36N6O2/c1-15(2)21(29)27-9-8-19(14-27)26-22(23-5)25-11-18-6-7-20(24-10-18)28-12-16(3)30-17(4)13-28/h6-7,10,15-17,19H,8-9,11-14H2,1-5H3,(H2,23,25,26). The van der Waals surface area contributed by atoms with E-state index >= 15 is 0 Å². The van der Waals surface area contributed by atoms with Gasteiger partial charge in [-0.3, -0.25) is 9.79 Å². The van der Waals surface area contributed by atoms with Gasteiger partial charge in [0, 0.05) is 57.9 Å². The van der Waals surface area contributed by atoms with Crippen LogP contribution in [0, 0.1) is 5.92 Å². The van der Waals surface area contributed by atoms with Crippen LogP contribution < -0.4 is 15.5 Å². The predicted molar refractivity (Wildman–Crippen MR) is 120 cm³/mol. The van der Waals surface area contributed by atoms with Crippen LogP contribution in [0.2, 0.25) is 0 Å². The molecule has 166 valence electrons. The Morgan fingerprint density at radius 3 is 2.60 bits per heavy atom. The van der Waals surface area contributed by atoms with Crippen LogP contribution in [0.15, 0.2) is 23.3 Å². The molecule has 0 radical (unpaired) electrons. The summed E-state index contributed by atoms with van der Waals surface area (Å²) in [6.07, 6.45) is 3.28. The molecule has 8 heteroatoms. The maximum absolute atomic E-state index is 12.2. The number of guanidine groups is 1. The first kappa shape index (κ1) is 22.3. The number of aromatic nitrogens is 1. The van der Waals surface area contributed by atoms with Gasteiger partial charge in [-0.25, -0.2) is 4.98 Å². The number of hydrogen-bond acceptors (Lipinski definition) is 5. The van der Waals surface area contributed by atoms with Gasteiger partial charge < -0.3 is 25.2 Å². The van der Waals surface area contributed by atoms with Crippen LogP contribution in [-0.2, 0) is 16.1 Å². The molecule has 2 fully saturated rings. The van der Waals surface area contributed by atoms with E-state index in [2.05, 4.69) is 51.5 Å². The van der Waals surface area contributed by atoms with Gasteiger partial charge in [-0.1, -0.05) is 19.9 Å². The highest BCUT2D eigenvalue weighted by Crippen LogP contribution is 2.18. The molecule has 0 aromatic carbocycles. The number of carbonyl (C=O) groups is 1. The Morgan fingerprint density at radius 1 is 1.27 bits per heavy atom. The molecule has 3 heterocycles. The maximum Gasteiger partial charge on any atom is 0.225 e. The number of rotatable bonds is 5. The molecule has 3 atom stereocenters. The summed E-state index contributed by atoms with van der Waals surface area (Å²) >= 11 is 0. The van der Waals surface area contributed by atoms with Crippen LogP contribution in [-0.4, -0.2) is 73.2 Å². The Kier molecular flexibility index (Phi) is 7.53. The minimum Gasteiger partial charge on any atom is -0.372 e. The van der Waals surface area contributed by atoms with E-state index in [1.165, 1.54) is 0 Å². The number of anilines is 1. The highest BCUT2D eigenvalue weighted by molar-refractivity contribution is 5.81. The van der Waals surface area contributed by atoms with E-state index in [1.54, 1.807) is 7.05 Å². The molecule has 2 aliphatic heterocycles. The molecule has 3 unspecified atom stereocenters. The van der Waals surface area contributed by atoms with E-state index in [-0.39, 0.29) is 30.1 Å². The summed E-state index contributed by atoms with van der Waals surface area (Å²) in [6.45, 7) is 12.0. The van der Waals surface area contributed by atoms with E-state index < -0.39 is 0 Å². The normalized spacial score (nSPS) is 25.0. The highest BCUT2D eigenvalue weighted by atomic mass is 16.5. The first-order valence-corrected chi connectivity index (χ1v) is 11.0. The Balaban J connectivity index is 1.48. The molecule has 2 saturated heterocycles. The lowest BCUT2D eigenvalue weighted by molar-refractivity contribution is -0.133. The average molecular weight is 417 g/mol. The summed E-state index contributed by atoms with van der Waals surface area (Å²) in [5.74, 6) is 2.00. The van der Waals surface area contributed by atoms with Gasteiger partial charge in [0.15, 0.2) is 5.96 Å². The zero-order valence-electron chi connectivity index (χ0n) is 18.9. The second kappa shape index (κ2) is 10.1. The van der Waals surface area contributed by atoms with Crippen molar-refractivity contribution in [3.8, 4) is 0 Å². The average Bonchev–Trinajstić information content (AvgIpc) is 3.18. The number of likely N-dealkylation sites (tertiary alicyclic amines) is 1. The van der Waals surface area contributed by atoms with Gasteiger partial charge in [0.25, 0.3) is 0 Å². The van der Waals surface area contributed by atoms with E-state index in [0.29, 0.717) is 6.54 Å². The van der Waals surface area contributed by atoms with Crippen molar-refractivity contribution in [3.63, 3.8) is 0 Å². The largest absolute Gasteiger partial charge is 0.372 e. The molecular weight excluding hydrogens is 380 g/mol. The molecule has 3 rings (SSSR count). The fourth-order valence-electron chi connectivity index (χ4n) is 4.09. The number of carbonyl (C=O) groups excluding carboxylic acids is 1. The fourth-order valence-corrected chi connectivity index (χ4v) is 4.09. The van der Waals surface area contributed by atoms with Gasteiger partial charge in [0.2, 0.25) is 5.91 Å². The monoisotopic (exact) mass is 416 g/mol. The van der Waals surface area contributed by atoms with E-state index in [9.17, 15) is 4.79 Å². The summed E-state index contributed by atoms with van der Waals surface area (Å²) in [5.41, 5.74) is 1.10. The molecular formula is C22H36N6O2. The van der Waals surface area contributed by atoms with Crippen molar-refractivity contribution in [3.05, 3.63) is 23.9 Å². The number of aliphatic imine (C=N–C) groups is 1. The van der Waals surface area contributed by atoms with Crippen LogP contribution in [0.5, 0.6) is 0 Å². The molecule has 1 aromatic rings. The number of amides is 1. The van der Waals surface area contributed by atoms with Crippen molar-refractivity contribution in [1.82, 2.24) is 20.5 Å². The minimum atomic E-state index is 0.0422. The third kappa shape index (κ3) is 5.84. The Bertz CT molecular complexity index is 726. The zero-order chi connectivity index (χ0) is 21.7. The van der Waals surface area contributed by atoms with Gasteiger partial charge in [0.05, 0.1) is 12.2 Å². The number of pyridine rings is 1. The van der Waals surface area contributed by atoms with Crippen molar-refractivity contribution < 1.29 is 9.53 Å². The molecule has 8 nitrogen and oxygen atoms in total. The quantitative estimate of drug-likeness (QED) is 0.561. The SMILES string of the molecule is CN=C(NCc1ccc(N2CC(C)OC(C)C2)nc1)NC1CCN(C(=O)C(C)C)C1. The number of ether oxygens (including phenoxy) is 1. The summed E-state index contributed by atoms with van der Waals surface area (Å²) in [4.78, 5) is 25.4. The zero-order valence-corrected chi connectivity index (χ0v) is 18.9. The Labute approximate surface area is 180 Å². The fraction of sp³-hybridized carbons (Fsp3) is 0.682. The lowest BCUT2D eigenvalue weighted by Crippen LogP contribution is -2.46. The number of hydrogen-bond donors (Lipinski definition) is 2. The van der Waals surface area contributed by atoms with Crippen molar-refractivity contribution in [2.75, 3.05) is 38.1 Å². The molecule has 0 saturated carbocycles. The van der Waals surface area contributed by atoms with Gasteiger partial charge in [0.1, 0.15) is 5.82 Å². The van der Waals surface area contributed by atoms with Crippen molar-refractivity contribution >= 4 is 17.7 Å². The molecule has 0 bridgehead atoms. The van der Waals surface area contributed by atoms with E-state index in [1.807, 2.05) is 24.9 Å². The smallest absolute Gasteiger partial charge is 0.225 e. The van der Waals surface area contributed by atoms with Crippen LogP contribution >= 0.6 is 0 Å². The molecule has 2 N–H and O–H groups in total. The lowest BCUT2D eigenvalue weighted by atomic mass is 10.2. The van der Waals surface area contributed by atoms with Crippen molar-refractivity contribution in [2.24, 2.45) is 10.9 Å². The lowest BCUT2D eigenvalue weighted by Gasteiger charge is -2.36. The van der Waals surface area contributed by atoms with Crippen LogP contribution in [0.4, 0.5) is 5.82 Å². The van der Waals surface area contributed by atoms with E-state index in [0.717, 1.165) is 49.9 Å². The predicted octanol–water partition coefficient (Wildman–Crippen LogP) is 1.62. The van der Waals surface area contributed by atoms with Crippen LogP contribution in [0.1, 0.15) is 39.7 Å². The van der Waals surface area contributed by atoms with E-state index in [4.69, 9.17) is 4.74 Å². The van der Waals surface area contributed by atoms with Crippen LogP contribution in [0.25, 0.3) is 0 Å². The van der Waals surface area contributed by atoms with Crippen molar-refractivity contribution in [2.45, 2.75) is 58.9 Å². The van der Waals surface area contributed by atoms with Crippen molar-refractivity contribution in [1.29, 1.82) is 0 Å². The highest BCUT2D eigenvalue weighted by Gasteiger charge is 2.28. The number of morpholine rings is 1. The molecule has 2 aliphatic rings. The number of nitrogens with zero attached hydrogens (tertiary/aromatic N) is 4. The van der Waals surface area contributed by atoms with Gasteiger partial charge in [-0.2, -0.15) is 0 Å². The Hall–Kier alpha value is -2.35. The summed E-state index contributed by atoms with van der Waals surface area (Å²) < 4.78 is 5.80. The summed E-state index contributed by atoms with van der Waals surface area (Å²) in [7, 11) is 1.77.